The highest BCUT2D eigenvalue weighted by Gasteiger charge is 2.18. The highest BCUT2D eigenvalue weighted by molar-refractivity contribution is 7.89. The van der Waals surface area contributed by atoms with Crippen molar-refractivity contribution in [3.8, 4) is 5.75 Å². The summed E-state index contributed by atoms with van der Waals surface area (Å²) in [6.45, 7) is 1.92. The Hall–Kier alpha value is -1.99. The number of hydrogen-bond donors (Lipinski definition) is 1. The van der Waals surface area contributed by atoms with E-state index in [9.17, 15) is 8.42 Å². The van der Waals surface area contributed by atoms with Crippen molar-refractivity contribution < 1.29 is 13.2 Å². The number of ether oxygens (including phenoxy) is 1. The Bertz CT molecular complexity index is 702. The molecular formula is C13H15N3O3S. The van der Waals surface area contributed by atoms with E-state index in [1.807, 2.05) is 6.92 Å². The molecule has 0 unspecified atom stereocenters. The van der Waals surface area contributed by atoms with Gasteiger partial charge in [0.05, 0.1) is 19.3 Å². The second kappa shape index (κ2) is 5.98. The zero-order valence-corrected chi connectivity index (χ0v) is 12.0. The SMILES string of the molecule is COc1ccccc1S(=O)(=O)NCc1cc(C)ncn1. The second-order valence-corrected chi connectivity index (χ2v) is 5.86. The molecule has 2 rings (SSSR count). The lowest BCUT2D eigenvalue weighted by atomic mass is 10.3. The molecule has 0 saturated heterocycles. The topological polar surface area (TPSA) is 81.2 Å². The summed E-state index contributed by atoms with van der Waals surface area (Å²) in [5, 5.41) is 0. The van der Waals surface area contributed by atoms with Crippen LogP contribution in [0.4, 0.5) is 0 Å². The molecule has 0 spiro atoms. The molecule has 0 radical (unpaired) electrons. The molecule has 1 aromatic carbocycles. The van der Waals surface area contributed by atoms with Gasteiger partial charge in [-0.3, -0.25) is 0 Å². The maximum Gasteiger partial charge on any atom is 0.244 e. The van der Waals surface area contributed by atoms with Crippen LogP contribution in [0.2, 0.25) is 0 Å². The van der Waals surface area contributed by atoms with Crippen molar-refractivity contribution in [3.63, 3.8) is 0 Å². The molecule has 0 atom stereocenters. The molecule has 1 aromatic heterocycles. The highest BCUT2D eigenvalue weighted by atomic mass is 32.2. The molecule has 6 nitrogen and oxygen atoms in total. The smallest absolute Gasteiger partial charge is 0.244 e. The Morgan fingerprint density at radius 2 is 2.00 bits per heavy atom. The Morgan fingerprint density at radius 3 is 2.70 bits per heavy atom. The molecule has 0 saturated carbocycles. The van der Waals surface area contributed by atoms with Gasteiger partial charge in [0.15, 0.2) is 0 Å². The zero-order chi connectivity index (χ0) is 14.6. The first-order valence-electron chi connectivity index (χ1n) is 5.93. The molecule has 106 valence electrons. The molecule has 20 heavy (non-hydrogen) atoms. The molecule has 2 aromatic rings. The maximum atomic E-state index is 12.2. The van der Waals surface area contributed by atoms with Gasteiger partial charge >= 0.3 is 0 Å². The minimum atomic E-state index is -3.65. The minimum Gasteiger partial charge on any atom is -0.495 e. The van der Waals surface area contributed by atoms with Crippen LogP contribution in [-0.2, 0) is 16.6 Å². The van der Waals surface area contributed by atoms with Crippen molar-refractivity contribution in [1.82, 2.24) is 14.7 Å². The molecule has 0 aliphatic carbocycles. The summed E-state index contributed by atoms with van der Waals surface area (Å²) in [5.74, 6) is 0.305. The molecule has 0 bridgehead atoms. The first-order chi connectivity index (χ1) is 9.53. The van der Waals surface area contributed by atoms with E-state index in [1.165, 1.54) is 19.5 Å². The van der Waals surface area contributed by atoms with Crippen molar-refractivity contribution in [2.75, 3.05) is 7.11 Å². The summed E-state index contributed by atoms with van der Waals surface area (Å²) in [6.07, 6.45) is 1.40. The van der Waals surface area contributed by atoms with Crippen LogP contribution in [0.5, 0.6) is 5.75 Å². The molecule has 0 amide bonds. The Balaban J connectivity index is 2.19. The lowest BCUT2D eigenvalue weighted by molar-refractivity contribution is 0.402. The number of para-hydroxylation sites is 1. The van der Waals surface area contributed by atoms with E-state index < -0.39 is 10.0 Å². The van der Waals surface area contributed by atoms with E-state index >= 15 is 0 Å². The standard InChI is InChI=1S/C13H15N3O3S/c1-10-7-11(15-9-14-10)8-16-20(17,18)13-6-4-3-5-12(13)19-2/h3-7,9,16H,8H2,1-2H3. The monoisotopic (exact) mass is 293 g/mol. The van der Waals surface area contributed by atoms with Gasteiger partial charge in [-0.15, -0.1) is 0 Å². The van der Waals surface area contributed by atoms with Gasteiger partial charge in [0.1, 0.15) is 17.0 Å². The summed E-state index contributed by atoms with van der Waals surface area (Å²) in [4.78, 5) is 8.08. The predicted molar refractivity (Wildman–Crippen MR) is 73.8 cm³/mol. The number of aryl methyl sites for hydroxylation is 1. The van der Waals surface area contributed by atoms with Crippen molar-refractivity contribution in [2.45, 2.75) is 18.4 Å². The molecular weight excluding hydrogens is 278 g/mol. The van der Waals surface area contributed by atoms with Gasteiger partial charge in [-0.25, -0.2) is 23.1 Å². The third kappa shape index (κ3) is 3.31. The largest absolute Gasteiger partial charge is 0.495 e. The fourth-order valence-electron chi connectivity index (χ4n) is 1.69. The number of aromatic nitrogens is 2. The van der Waals surface area contributed by atoms with Crippen molar-refractivity contribution in [3.05, 3.63) is 48.0 Å². The number of hydrogen-bond acceptors (Lipinski definition) is 5. The average Bonchev–Trinajstić information content (AvgIpc) is 2.45. The van der Waals surface area contributed by atoms with Gasteiger partial charge in [0.25, 0.3) is 0 Å². The molecule has 1 N–H and O–H groups in total. The van der Waals surface area contributed by atoms with E-state index in [1.54, 1.807) is 24.3 Å². The summed E-state index contributed by atoms with van der Waals surface area (Å²) in [7, 11) is -2.22. The highest BCUT2D eigenvalue weighted by Crippen LogP contribution is 2.22. The number of nitrogens with zero attached hydrogens (tertiary/aromatic N) is 2. The number of rotatable bonds is 5. The summed E-state index contributed by atoms with van der Waals surface area (Å²) in [5.41, 5.74) is 1.39. The number of sulfonamides is 1. The maximum absolute atomic E-state index is 12.2. The Labute approximate surface area is 117 Å². The van der Waals surface area contributed by atoms with Crippen LogP contribution >= 0.6 is 0 Å². The lowest BCUT2D eigenvalue weighted by Crippen LogP contribution is -2.24. The first-order valence-corrected chi connectivity index (χ1v) is 7.41. The van der Waals surface area contributed by atoms with E-state index in [0.29, 0.717) is 11.4 Å². The summed E-state index contributed by atoms with van der Waals surface area (Å²) < 4.78 is 32.0. The normalized spacial score (nSPS) is 11.3. The molecule has 0 aliphatic rings. The lowest BCUT2D eigenvalue weighted by Gasteiger charge is -2.10. The van der Waals surface area contributed by atoms with Gasteiger partial charge in [-0.05, 0) is 25.1 Å². The summed E-state index contributed by atoms with van der Waals surface area (Å²) >= 11 is 0. The van der Waals surface area contributed by atoms with Crippen LogP contribution in [0.1, 0.15) is 11.4 Å². The van der Waals surface area contributed by atoms with Gasteiger partial charge in [0, 0.05) is 5.69 Å². The van der Waals surface area contributed by atoms with Crippen LogP contribution in [0.25, 0.3) is 0 Å². The van der Waals surface area contributed by atoms with Crippen molar-refractivity contribution in [2.24, 2.45) is 0 Å². The van der Waals surface area contributed by atoms with Crippen LogP contribution in [0.3, 0.4) is 0 Å². The van der Waals surface area contributed by atoms with E-state index in [4.69, 9.17) is 4.74 Å². The third-order valence-corrected chi connectivity index (χ3v) is 4.10. The van der Waals surface area contributed by atoms with Gasteiger partial charge in [-0.2, -0.15) is 0 Å². The van der Waals surface area contributed by atoms with Crippen LogP contribution < -0.4 is 9.46 Å². The average molecular weight is 293 g/mol. The number of methoxy groups -OCH3 is 1. The number of nitrogens with one attached hydrogen (secondary N) is 1. The van der Waals surface area contributed by atoms with Crippen LogP contribution in [-0.4, -0.2) is 25.5 Å². The predicted octanol–water partition coefficient (Wildman–Crippen LogP) is 1.27. The molecule has 0 fully saturated rings. The first kappa shape index (κ1) is 14.4. The van der Waals surface area contributed by atoms with Crippen LogP contribution in [0.15, 0.2) is 41.6 Å². The minimum absolute atomic E-state index is 0.101. The fourth-order valence-corrected chi connectivity index (χ4v) is 2.86. The quantitative estimate of drug-likeness (QED) is 0.898. The fraction of sp³-hybridized carbons (Fsp3) is 0.231. The Kier molecular flexibility index (Phi) is 4.31. The van der Waals surface area contributed by atoms with Crippen molar-refractivity contribution >= 4 is 10.0 Å². The second-order valence-electron chi connectivity index (χ2n) is 4.13. The van der Waals surface area contributed by atoms with Gasteiger partial charge in [0.2, 0.25) is 10.0 Å². The van der Waals surface area contributed by atoms with Gasteiger partial charge < -0.3 is 4.74 Å². The van der Waals surface area contributed by atoms with E-state index in [0.717, 1.165) is 5.69 Å². The number of benzene rings is 1. The van der Waals surface area contributed by atoms with E-state index in [-0.39, 0.29) is 11.4 Å². The summed E-state index contributed by atoms with van der Waals surface area (Å²) in [6, 6.07) is 8.18. The molecule has 0 aliphatic heterocycles. The van der Waals surface area contributed by atoms with Crippen LogP contribution in [0, 0.1) is 6.92 Å². The molecule has 1 heterocycles. The zero-order valence-electron chi connectivity index (χ0n) is 11.2. The Morgan fingerprint density at radius 1 is 1.25 bits per heavy atom. The van der Waals surface area contributed by atoms with E-state index in [2.05, 4.69) is 14.7 Å². The van der Waals surface area contributed by atoms with Crippen molar-refractivity contribution in [1.29, 1.82) is 0 Å². The van der Waals surface area contributed by atoms with Gasteiger partial charge in [-0.1, -0.05) is 12.1 Å². The molecule has 7 heteroatoms. The third-order valence-electron chi connectivity index (χ3n) is 2.66.